The zero-order valence-corrected chi connectivity index (χ0v) is 12.4. The SMILES string of the molecule is NNC(Cc1ccco1)c1ccc2cc(Br)ccc2c1. The fourth-order valence-corrected chi connectivity index (χ4v) is 2.73. The third kappa shape index (κ3) is 2.77. The van der Waals surface area contributed by atoms with E-state index < -0.39 is 0 Å². The van der Waals surface area contributed by atoms with Crippen molar-refractivity contribution >= 4 is 26.7 Å². The van der Waals surface area contributed by atoms with E-state index in [0.717, 1.165) is 22.2 Å². The topological polar surface area (TPSA) is 51.2 Å². The number of halogens is 1. The summed E-state index contributed by atoms with van der Waals surface area (Å²) in [5.74, 6) is 6.61. The Morgan fingerprint density at radius 1 is 1.10 bits per heavy atom. The average Bonchev–Trinajstić information content (AvgIpc) is 2.97. The molecule has 102 valence electrons. The van der Waals surface area contributed by atoms with E-state index in [0.29, 0.717) is 0 Å². The van der Waals surface area contributed by atoms with Gasteiger partial charge in [-0.15, -0.1) is 0 Å². The molecule has 0 radical (unpaired) electrons. The summed E-state index contributed by atoms with van der Waals surface area (Å²) < 4.78 is 6.47. The molecule has 0 aliphatic rings. The van der Waals surface area contributed by atoms with Crippen LogP contribution in [-0.4, -0.2) is 0 Å². The molecule has 3 nitrogen and oxygen atoms in total. The Hall–Kier alpha value is -1.62. The van der Waals surface area contributed by atoms with Crippen LogP contribution >= 0.6 is 15.9 Å². The van der Waals surface area contributed by atoms with Crippen molar-refractivity contribution < 1.29 is 4.42 Å². The van der Waals surface area contributed by atoms with E-state index in [1.54, 1.807) is 6.26 Å². The number of nitrogens with two attached hydrogens (primary N) is 1. The first-order chi connectivity index (χ1) is 9.76. The van der Waals surface area contributed by atoms with E-state index in [2.05, 4.69) is 51.7 Å². The molecular formula is C16H15BrN2O. The molecule has 0 saturated carbocycles. The van der Waals surface area contributed by atoms with Gasteiger partial charge in [0.2, 0.25) is 0 Å². The van der Waals surface area contributed by atoms with Crippen molar-refractivity contribution in [2.24, 2.45) is 5.84 Å². The molecule has 0 amide bonds. The van der Waals surface area contributed by atoms with Gasteiger partial charge in [-0.2, -0.15) is 0 Å². The molecule has 0 bridgehead atoms. The maximum atomic E-state index is 5.69. The molecule has 1 atom stereocenters. The molecule has 3 aromatic rings. The van der Waals surface area contributed by atoms with E-state index in [1.807, 2.05) is 18.2 Å². The van der Waals surface area contributed by atoms with Gasteiger partial charge in [0.15, 0.2) is 0 Å². The smallest absolute Gasteiger partial charge is 0.105 e. The van der Waals surface area contributed by atoms with E-state index in [9.17, 15) is 0 Å². The number of hydrazine groups is 1. The lowest BCUT2D eigenvalue weighted by molar-refractivity contribution is 0.455. The fourth-order valence-electron chi connectivity index (χ4n) is 2.35. The van der Waals surface area contributed by atoms with Crippen molar-refractivity contribution in [3.63, 3.8) is 0 Å². The van der Waals surface area contributed by atoms with Gasteiger partial charge in [-0.3, -0.25) is 11.3 Å². The van der Waals surface area contributed by atoms with Crippen LogP contribution in [0.5, 0.6) is 0 Å². The lowest BCUT2D eigenvalue weighted by atomic mass is 9.99. The first-order valence-corrected chi connectivity index (χ1v) is 7.23. The summed E-state index contributed by atoms with van der Waals surface area (Å²) in [6, 6.07) is 16.5. The van der Waals surface area contributed by atoms with Crippen molar-refractivity contribution in [1.82, 2.24) is 5.43 Å². The molecule has 0 aliphatic carbocycles. The van der Waals surface area contributed by atoms with Gasteiger partial charge in [-0.1, -0.05) is 34.1 Å². The zero-order valence-electron chi connectivity index (χ0n) is 10.8. The first-order valence-electron chi connectivity index (χ1n) is 6.44. The quantitative estimate of drug-likeness (QED) is 0.562. The molecule has 20 heavy (non-hydrogen) atoms. The monoisotopic (exact) mass is 330 g/mol. The van der Waals surface area contributed by atoms with Gasteiger partial charge >= 0.3 is 0 Å². The third-order valence-electron chi connectivity index (χ3n) is 3.42. The standard InChI is InChI=1S/C16H15BrN2O/c17-14-6-5-11-8-13(4-3-12(11)9-14)16(19-18)10-15-2-1-7-20-15/h1-9,16,19H,10,18H2. The van der Waals surface area contributed by atoms with Crippen LogP contribution in [0, 0.1) is 0 Å². The van der Waals surface area contributed by atoms with Crippen molar-refractivity contribution in [2.45, 2.75) is 12.5 Å². The van der Waals surface area contributed by atoms with Crippen LogP contribution in [0.15, 0.2) is 63.7 Å². The highest BCUT2D eigenvalue weighted by Crippen LogP contribution is 2.25. The Kier molecular flexibility index (Phi) is 3.87. The molecule has 4 heteroatoms. The van der Waals surface area contributed by atoms with Crippen LogP contribution in [0.2, 0.25) is 0 Å². The minimum atomic E-state index is 0.0363. The van der Waals surface area contributed by atoms with E-state index in [4.69, 9.17) is 10.3 Å². The summed E-state index contributed by atoms with van der Waals surface area (Å²) >= 11 is 3.49. The van der Waals surface area contributed by atoms with Gasteiger partial charge in [0.05, 0.1) is 12.3 Å². The molecule has 1 heterocycles. The normalized spacial score (nSPS) is 12.7. The highest BCUT2D eigenvalue weighted by molar-refractivity contribution is 9.10. The van der Waals surface area contributed by atoms with E-state index in [-0.39, 0.29) is 6.04 Å². The summed E-state index contributed by atoms with van der Waals surface area (Å²) in [4.78, 5) is 0. The van der Waals surface area contributed by atoms with Crippen LogP contribution in [0.25, 0.3) is 10.8 Å². The number of fused-ring (bicyclic) bond motifs is 1. The lowest BCUT2D eigenvalue weighted by Crippen LogP contribution is -2.29. The fraction of sp³-hybridized carbons (Fsp3) is 0.125. The van der Waals surface area contributed by atoms with Gasteiger partial charge in [0.25, 0.3) is 0 Å². The summed E-state index contributed by atoms with van der Waals surface area (Å²) in [6.07, 6.45) is 2.41. The highest BCUT2D eigenvalue weighted by Gasteiger charge is 2.12. The molecule has 2 aromatic carbocycles. The zero-order chi connectivity index (χ0) is 13.9. The maximum absolute atomic E-state index is 5.69. The minimum Gasteiger partial charge on any atom is -0.469 e. The highest BCUT2D eigenvalue weighted by atomic mass is 79.9. The number of hydrogen-bond acceptors (Lipinski definition) is 3. The van der Waals surface area contributed by atoms with E-state index >= 15 is 0 Å². The number of rotatable bonds is 4. The summed E-state index contributed by atoms with van der Waals surface area (Å²) in [5.41, 5.74) is 4.02. The second kappa shape index (κ2) is 5.79. The molecule has 0 spiro atoms. The van der Waals surface area contributed by atoms with Crippen molar-refractivity contribution in [1.29, 1.82) is 0 Å². The van der Waals surface area contributed by atoms with Crippen molar-refractivity contribution in [2.75, 3.05) is 0 Å². The predicted octanol–water partition coefficient (Wildman–Crippen LogP) is 3.94. The molecule has 3 rings (SSSR count). The number of benzene rings is 2. The first kappa shape index (κ1) is 13.4. The van der Waals surface area contributed by atoms with Crippen molar-refractivity contribution in [3.05, 3.63) is 70.6 Å². The molecule has 1 unspecified atom stereocenters. The van der Waals surface area contributed by atoms with Crippen LogP contribution < -0.4 is 11.3 Å². The summed E-state index contributed by atoms with van der Waals surface area (Å²) in [7, 11) is 0. The maximum Gasteiger partial charge on any atom is 0.105 e. The third-order valence-corrected chi connectivity index (χ3v) is 3.91. The van der Waals surface area contributed by atoms with E-state index in [1.165, 1.54) is 10.8 Å². The van der Waals surface area contributed by atoms with Crippen LogP contribution in [0.4, 0.5) is 0 Å². The lowest BCUT2D eigenvalue weighted by Gasteiger charge is -2.15. The second-order valence-corrected chi connectivity index (χ2v) is 5.67. The number of furan rings is 1. The van der Waals surface area contributed by atoms with Gasteiger partial charge in [-0.05, 0) is 46.7 Å². The number of nitrogens with one attached hydrogen (secondary N) is 1. The predicted molar refractivity (Wildman–Crippen MR) is 84.1 cm³/mol. The van der Waals surface area contributed by atoms with Gasteiger partial charge in [0, 0.05) is 10.9 Å². The molecule has 0 aliphatic heterocycles. The molecule has 0 fully saturated rings. The van der Waals surface area contributed by atoms with Gasteiger partial charge < -0.3 is 4.42 Å². The van der Waals surface area contributed by atoms with Crippen LogP contribution in [0.1, 0.15) is 17.4 Å². The van der Waals surface area contributed by atoms with Gasteiger partial charge in [0.1, 0.15) is 5.76 Å². The van der Waals surface area contributed by atoms with Crippen LogP contribution in [0.3, 0.4) is 0 Å². The summed E-state index contributed by atoms with van der Waals surface area (Å²) in [6.45, 7) is 0. The van der Waals surface area contributed by atoms with Gasteiger partial charge in [-0.25, -0.2) is 0 Å². The average molecular weight is 331 g/mol. The molecule has 3 N–H and O–H groups in total. The summed E-state index contributed by atoms with van der Waals surface area (Å²) in [5, 5.41) is 2.40. The Morgan fingerprint density at radius 3 is 2.65 bits per heavy atom. The minimum absolute atomic E-state index is 0.0363. The molecule has 0 saturated heterocycles. The Balaban J connectivity index is 1.93. The Morgan fingerprint density at radius 2 is 1.90 bits per heavy atom. The van der Waals surface area contributed by atoms with Crippen molar-refractivity contribution in [3.8, 4) is 0 Å². The Bertz CT molecular complexity index is 710. The second-order valence-electron chi connectivity index (χ2n) is 4.75. The number of hydrogen-bond donors (Lipinski definition) is 2. The Labute approximate surface area is 125 Å². The van der Waals surface area contributed by atoms with Crippen LogP contribution in [-0.2, 0) is 6.42 Å². The largest absolute Gasteiger partial charge is 0.469 e. The molecular weight excluding hydrogens is 316 g/mol. The molecule has 1 aromatic heterocycles.